The third-order valence-electron chi connectivity index (χ3n) is 5.77. The van der Waals surface area contributed by atoms with E-state index < -0.39 is 0 Å². The molecule has 0 aromatic carbocycles. The van der Waals surface area contributed by atoms with Crippen molar-refractivity contribution >= 4 is 39.1 Å². The fraction of sp³-hybridized carbons (Fsp3) is 0.429. The first-order valence-corrected chi connectivity index (χ1v) is 11.3. The van der Waals surface area contributed by atoms with Gasteiger partial charge in [0, 0.05) is 31.1 Å². The van der Waals surface area contributed by atoms with E-state index in [1.807, 2.05) is 16.6 Å². The van der Waals surface area contributed by atoms with Crippen LogP contribution < -0.4 is 10.2 Å². The SMILES string of the molecule is CCc1sc2nc(N3CCN(CC(=O)NCc4ccco4)CC3)n3ncnc3c2c1C. The number of piperazine rings is 1. The number of aryl methyl sites for hydroxylation is 2. The highest BCUT2D eigenvalue weighted by Gasteiger charge is 2.24. The third kappa shape index (κ3) is 3.77. The highest BCUT2D eigenvalue weighted by Crippen LogP contribution is 2.34. The smallest absolute Gasteiger partial charge is 0.234 e. The molecule has 5 heterocycles. The van der Waals surface area contributed by atoms with E-state index in [1.54, 1.807) is 23.9 Å². The van der Waals surface area contributed by atoms with Gasteiger partial charge in [-0.25, -0.2) is 9.97 Å². The molecule has 0 bridgehead atoms. The number of hydrogen-bond donors (Lipinski definition) is 1. The third-order valence-corrected chi connectivity index (χ3v) is 7.10. The van der Waals surface area contributed by atoms with E-state index in [0.717, 1.165) is 60.2 Å². The van der Waals surface area contributed by atoms with Crippen molar-refractivity contribution in [1.29, 1.82) is 0 Å². The number of carbonyl (C=O) groups is 1. The quantitative estimate of drug-likeness (QED) is 0.493. The van der Waals surface area contributed by atoms with E-state index in [4.69, 9.17) is 9.40 Å². The number of rotatable bonds is 6. The Hall–Kier alpha value is -2.98. The molecule has 1 N–H and O–H groups in total. The van der Waals surface area contributed by atoms with Crippen LogP contribution in [0.4, 0.5) is 5.95 Å². The maximum Gasteiger partial charge on any atom is 0.234 e. The van der Waals surface area contributed by atoms with E-state index in [1.165, 1.54) is 10.4 Å². The molecule has 4 aromatic heterocycles. The topological polar surface area (TPSA) is 91.8 Å². The highest BCUT2D eigenvalue weighted by molar-refractivity contribution is 7.19. The van der Waals surface area contributed by atoms with Gasteiger partial charge in [-0.1, -0.05) is 6.92 Å². The minimum Gasteiger partial charge on any atom is -0.467 e. The van der Waals surface area contributed by atoms with Crippen LogP contribution in [0, 0.1) is 6.92 Å². The van der Waals surface area contributed by atoms with E-state index in [-0.39, 0.29) is 5.91 Å². The maximum atomic E-state index is 12.3. The number of hydrogen-bond acceptors (Lipinski definition) is 8. The van der Waals surface area contributed by atoms with Crippen molar-refractivity contribution in [3.8, 4) is 0 Å². The summed E-state index contributed by atoms with van der Waals surface area (Å²) in [6.45, 7) is 8.24. The summed E-state index contributed by atoms with van der Waals surface area (Å²) >= 11 is 1.74. The molecule has 1 aliphatic rings. The van der Waals surface area contributed by atoms with Crippen LogP contribution in [-0.2, 0) is 17.8 Å². The van der Waals surface area contributed by atoms with Gasteiger partial charge in [0.05, 0.1) is 24.7 Å². The predicted molar refractivity (Wildman–Crippen MR) is 119 cm³/mol. The van der Waals surface area contributed by atoms with Crippen LogP contribution in [0.2, 0.25) is 0 Å². The fourth-order valence-electron chi connectivity index (χ4n) is 4.09. The molecule has 0 unspecified atom stereocenters. The zero-order chi connectivity index (χ0) is 21.4. The van der Waals surface area contributed by atoms with Crippen molar-refractivity contribution in [1.82, 2.24) is 29.8 Å². The first-order valence-electron chi connectivity index (χ1n) is 10.5. The number of furan rings is 1. The average Bonchev–Trinajstić information content (AvgIpc) is 3.52. The monoisotopic (exact) mass is 439 g/mol. The van der Waals surface area contributed by atoms with Crippen LogP contribution >= 0.6 is 11.3 Å². The largest absolute Gasteiger partial charge is 0.467 e. The van der Waals surface area contributed by atoms with E-state index >= 15 is 0 Å². The van der Waals surface area contributed by atoms with Gasteiger partial charge in [0.15, 0.2) is 5.65 Å². The number of nitrogens with zero attached hydrogens (tertiary/aromatic N) is 6. The minimum atomic E-state index is 0.00390. The molecular formula is C21H25N7O2S. The maximum absolute atomic E-state index is 12.3. The van der Waals surface area contributed by atoms with Gasteiger partial charge in [0.1, 0.15) is 16.9 Å². The second-order valence-corrected chi connectivity index (χ2v) is 8.79. The molecule has 1 saturated heterocycles. The summed E-state index contributed by atoms with van der Waals surface area (Å²) in [4.78, 5) is 28.5. The molecule has 0 atom stereocenters. The Morgan fingerprint density at radius 1 is 1.29 bits per heavy atom. The molecule has 0 radical (unpaired) electrons. The summed E-state index contributed by atoms with van der Waals surface area (Å²) in [7, 11) is 0. The Kier molecular flexibility index (Phi) is 5.33. The van der Waals surface area contributed by atoms with Gasteiger partial charge in [0.2, 0.25) is 11.9 Å². The lowest BCUT2D eigenvalue weighted by Gasteiger charge is -2.34. The molecule has 0 saturated carbocycles. The van der Waals surface area contributed by atoms with Gasteiger partial charge in [0.25, 0.3) is 0 Å². The summed E-state index contributed by atoms with van der Waals surface area (Å²) in [5.41, 5.74) is 2.12. The second kappa shape index (κ2) is 8.27. The van der Waals surface area contributed by atoms with Crippen LogP contribution in [0.15, 0.2) is 29.1 Å². The lowest BCUT2D eigenvalue weighted by Crippen LogP contribution is -2.50. The number of nitrogens with one attached hydrogen (secondary N) is 1. The lowest BCUT2D eigenvalue weighted by molar-refractivity contribution is -0.122. The Labute approximate surface area is 183 Å². The Bertz CT molecular complexity index is 1210. The number of thiophene rings is 1. The summed E-state index contributed by atoms with van der Waals surface area (Å²) in [6, 6.07) is 3.67. The van der Waals surface area contributed by atoms with Crippen LogP contribution in [-0.4, -0.2) is 63.1 Å². The number of amides is 1. The predicted octanol–water partition coefficient (Wildman–Crippen LogP) is 2.24. The Morgan fingerprint density at radius 3 is 2.87 bits per heavy atom. The molecule has 162 valence electrons. The molecule has 31 heavy (non-hydrogen) atoms. The fourth-order valence-corrected chi connectivity index (χ4v) is 5.20. The van der Waals surface area contributed by atoms with Crippen LogP contribution in [0.5, 0.6) is 0 Å². The van der Waals surface area contributed by atoms with Crippen molar-refractivity contribution in [3.05, 3.63) is 40.9 Å². The normalized spacial score (nSPS) is 15.2. The minimum absolute atomic E-state index is 0.00390. The molecule has 5 rings (SSSR count). The van der Waals surface area contributed by atoms with Crippen molar-refractivity contribution in [3.63, 3.8) is 0 Å². The molecule has 1 aliphatic heterocycles. The number of aromatic nitrogens is 4. The van der Waals surface area contributed by atoms with Gasteiger partial charge < -0.3 is 14.6 Å². The highest BCUT2D eigenvalue weighted by atomic mass is 32.1. The van der Waals surface area contributed by atoms with Crippen molar-refractivity contribution < 1.29 is 9.21 Å². The van der Waals surface area contributed by atoms with Crippen LogP contribution in [0.1, 0.15) is 23.1 Å². The lowest BCUT2D eigenvalue weighted by atomic mass is 10.2. The summed E-state index contributed by atoms with van der Waals surface area (Å²) in [6.07, 6.45) is 4.20. The summed E-state index contributed by atoms with van der Waals surface area (Å²) in [5, 5.41) is 8.47. The molecule has 10 heteroatoms. The van der Waals surface area contributed by atoms with E-state index in [9.17, 15) is 4.79 Å². The summed E-state index contributed by atoms with van der Waals surface area (Å²) in [5.74, 6) is 1.58. The van der Waals surface area contributed by atoms with Gasteiger partial charge in [-0.15, -0.1) is 11.3 Å². The van der Waals surface area contributed by atoms with Gasteiger partial charge >= 0.3 is 0 Å². The Morgan fingerprint density at radius 2 is 2.13 bits per heavy atom. The van der Waals surface area contributed by atoms with Crippen molar-refractivity contribution in [2.45, 2.75) is 26.8 Å². The molecule has 0 aliphatic carbocycles. The first-order chi connectivity index (χ1) is 15.1. The first kappa shape index (κ1) is 20.0. The van der Waals surface area contributed by atoms with Crippen LogP contribution in [0.3, 0.4) is 0 Å². The molecule has 0 spiro atoms. The second-order valence-electron chi connectivity index (χ2n) is 7.71. The standard InChI is InChI=1S/C21H25N7O2S/c1-3-16-14(2)18-19-23-13-24-28(19)21(25-20(18)31-16)27-8-6-26(7-9-27)12-17(29)22-11-15-5-4-10-30-15/h4-5,10,13H,3,6-9,11-12H2,1-2H3,(H,22,29). The van der Waals surface area contributed by atoms with Gasteiger partial charge in [-0.3, -0.25) is 9.69 Å². The summed E-state index contributed by atoms with van der Waals surface area (Å²) < 4.78 is 7.11. The molecular weight excluding hydrogens is 414 g/mol. The number of carbonyl (C=O) groups excluding carboxylic acids is 1. The van der Waals surface area contributed by atoms with Gasteiger partial charge in [-0.2, -0.15) is 9.61 Å². The molecule has 4 aromatic rings. The zero-order valence-corrected chi connectivity index (χ0v) is 18.5. The van der Waals surface area contributed by atoms with Gasteiger partial charge in [-0.05, 0) is 31.0 Å². The number of fused-ring (bicyclic) bond motifs is 3. The van der Waals surface area contributed by atoms with Crippen molar-refractivity contribution in [2.24, 2.45) is 0 Å². The average molecular weight is 440 g/mol. The molecule has 9 nitrogen and oxygen atoms in total. The van der Waals surface area contributed by atoms with E-state index in [0.29, 0.717) is 13.1 Å². The zero-order valence-electron chi connectivity index (χ0n) is 17.7. The molecule has 1 amide bonds. The molecule has 1 fully saturated rings. The Balaban J connectivity index is 1.28. The van der Waals surface area contributed by atoms with Crippen LogP contribution in [0.25, 0.3) is 15.9 Å². The van der Waals surface area contributed by atoms with Crippen molar-refractivity contribution in [2.75, 3.05) is 37.6 Å². The number of anilines is 1. The van der Waals surface area contributed by atoms with E-state index in [2.05, 4.69) is 39.0 Å².